The van der Waals surface area contributed by atoms with Crippen molar-refractivity contribution in [2.45, 2.75) is 0 Å². The molecule has 0 radical (unpaired) electrons. The van der Waals surface area contributed by atoms with Crippen molar-refractivity contribution in [1.82, 2.24) is 4.68 Å². The Morgan fingerprint density at radius 2 is 2.38 bits per heavy atom. The minimum atomic E-state index is 1.10. The van der Waals surface area contributed by atoms with Gasteiger partial charge < -0.3 is 0 Å². The molecule has 1 heterocycles. The van der Waals surface area contributed by atoms with Crippen molar-refractivity contribution in [1.29, 1.82) is 0 Å². The van der Waals surface area contributed by atoms with Crippen LogP contribution >= 0.6 is 15.9 Å². The second-order valence-corrected chi connectivity index (χ2v) is 2.55. The van der Waals surface area contributed by atoms with E-state index in [-0.39, 0.29) is 0 Å². The van der Waals surface area contributed by atoms with Gasteiger partial charge in [0.05, 0.1) is 7.05 Å². The molecular formula is C5H8BrN2+. The van der Waals surface area contributed by atoms with Gasteiger partial charge in [0.1, 0.15) is 4.60 Å². The van der Waals surface area contributed by atoms with Crippen LogP contribution in [0.3, 0.4) is 0 Å². The highest BCUT2D eigenvalue weighted by molar-refractivity contribution is 9.10. The molecule has 0 aliphatic carbocycles. The summed E-state index contributed by atoms with van der Waals surface area (Å²) in [5, 5.41) is 0. The molecule has 0 fully saturated rings. The SMILES string of the molecule is Cn1c(Br)cc[n+]1C. The van der Waals surface area contributed by atoms with Crippen molar-refractivity contribution in [2.24, 2.45) is 14.1 Å². The molecule has 0 spiro atoms. The van der Waals surface area contributed by atoms with E-state index in [1.54, 1.807) is 0 Å². The lowest BCUT2D eigenvalue weighted by Gasteiger charge is -1.86. The summed E-state index contributed by atoms with van der Waals surface area (Å²) < 4.78 is 5.09. The molecule has 0 saturated carbocycles. The van der Waals surface area contributed by atoms with E-state index in [4.69, 9.17) is 0 Å². The number of halogens is 1. The van der Waals surface area contributed by atoms with Crippen LogP contribution in [0, 0.1) is 0 Å². The molecule has 0 aliphatic rings. The molecule has 0 bridgehead atoms. The average Bonchev–Trinajstić information content (AvgIpc) is 1.98. The van der Waals surface area contributed by atoms with E-state index in [0.29, 0.717) is 0 Å². The standard InChI is InChI=1S/C5H8BrN2/c1-7-4-3-5(6)8(7)2/h3-4H,1-2H3/q+1. The number of hydrogen-bond donors (Lipinski definition) is 0. The lowest BCUT2D eigenvalue weighted by molar-refractivity contribution is -0.752. The fraction of sp³-hybridized carbons (Fsp3) is 0.400. The molecule has 0 atom stereocenters. The van der Waals surface area contributed by atoms with Crippen molar-refractivity contribution in [3.05, 3.63) is 16.9 Å². The zero-order valence-electron chi connectivity index (χ0n) is 4.93. The minimum Gasteiger partial charge on any atom is -0.150 e. The third kappa shape index (κ3) is 0.777. The third-order valence-electron chi connectivity index (χ3n) is 1.21. The maximum atomic E-state index is 3.36. The third-order valence-corrected chi connectivity index (χ3v) is 1.99. The molecule has 3 heteroatoms. The molecule has 0 aliphatic heterocycles. The second-order valence-electron chi connectivity index (χ2n) is 1.74. The van der Waals surface area contributed by atoms with Crippen LogP contribution in [0.2, 0.25) is 0 Å². The molecule has 44 valence electrons. The van der Waals surface area contributed by atoms with Crippen molar-refractivity contribution in [2.75, 3.05) is 0 Å². The first-order chi connectivity index (χ1) is 3.72. The molecule has 0 amide bonds. The smallest absolute Gasteiger partial charge is 0.150 e. The van der Waals surface area contributed by atoms with Crippen molar-refractivity contribution in [3.63, 3.8) is 0 Å². The Morgan fingerprint density at radius 1 is 1.75 bits per heavy atom. The number of aryl methyl sites for hydroxylation is 1. The van der Waals surface area contributed by atoms with Crippen LogP contribution in [-0.4, -0.2) is 4.68 Å². The van der Waals surface area contributed by atoms with Crippen LogP contribution in [-0.2, 0) is 14.1 Å². The van der Waals surface area contributed by atoms with Gasteiger partial charge in [0.15, 0.2) is 13.2 Å². The van der Waals surface area contributed by atoms with E-state index in [2.05, 4.69) is 15.9 Å². The van der Waals surface area contributed by atoms with E-state index in [0.717, 1.165) is 4.60 Å². The van der Waals surface area contributed by atoms with E-state index < -0.39 is 0 Å². The summed E-state index contributed by atoms with van der Waals surface area (Å²) in [7, 11) is 3.98. The van der Waals surface area contributed by atoms with Gasteiger partial charge >= 0.3 is 0 Å². The topological polar surface area (TPSA) is 8.81 Å². The highest BCUT2D eigenvalue weighted by Crippen LogP contribution is 2.02. The first-order valence-electron chi connectivity index (χ1n) is 2.39. The minimum absolute atomic E-state index is 1.10. The Balaban J connectivity index is 3.19. The summed E-state index contributed by atoms with van der Waals surface area (Å²) in [6.45, 7) is 0. The Hall–Kier alpha value is -0.310. The lowest BCUT2D eigenvalue weighted by atomic mass is 10.7. The second kappa shape index (κ2) is 1.90. The lowest BCUT2D eigenvalue weighted by Crippen LogP contribution is -2.36. The van der Waals surface area contributed by atoms with E-state index in [9.17, 15) is 0 Å². The zero-order valence-corrected chi connectivity index (χ0v) is 6.51. The summed E-state index contributed by atoms with van der Waals surface area (Å²) in [5.41, 5.74) is 0. The number of nitrogens with zero attached hydrogens (tertiary/aromatic N) is 2. The number of rotatable bonds is 0. The molecule has 8 heavy (non-hydrogen) atoms. The zero-order chi connectivity index (χ0) is 6.15. The highest BCUT2D eigenvalue weighted by Gasteiger charge is 2.00. The molecule has 1 aromatic rings. The molecule has 0 N–H and O–H groups in total. The van der Waals surface area contributed by atoms with Crippen LogP contribution in [0.25, 0.3) is 0 Å². The van der Waals surface area contributed by atoms with Gasteiger partial charge in [-0.05, 0) is 15.9 Å². The molecule has 2 nitrogen and oxygen atoms in total. The summed E-state index contributed by atoms with van der Waals surface area (Å²) >= 11 is 3.36. The van der Waals surface area contributed by atoms with Crippen molar-refractivity contribution < 1.29 is 4.68 Å². The fourth-order valence-corrected chi connectivity index (χ4v) is 0.896. The van der Waals surface area contributed by atoms with Gasteiger partial charge in [-0.15, -0.1) is 9.36 Å². The van der Waals surface area contributed by atoms with E-state index in [1.165, 1.54) is 0 Å². The quantitative estimate of drug-likeness (QED) is 0.512. The normalized spacial score (nSPS) is 9.88. The fourth-order valence-electron chi connectivity index (χ4n) is 0.528. The maximum absolute atomic E-state index is 3.36. The monoisotopic (exact) mass is 175 g/mol. The predicted octanol–water partition coefficient (Wildman–Crippen LogP) is 0.612. The predicted molar refractivity (Wildman–Crippen MR) is 34.3 cm³/mol. The highest BCUT2D eigenvalue weighted by atomic mass is 79.9. The van der Waals surface area contributed by atoms with Crippen LogP contribution in [0.15, 0.2) is 16.9 Å². The first-order valence-corrected chi connectivity index (χ1v) is 3.18. The molecule has 1 aromatic heterocycles. The Bertz CT molecular complexity index is 173. The Morgan fingerprint density at radius 3 is 2.50 bits per heavy atom. The molecular weight excluding hydrogens is 168 g/mol. The van der Waals surface area contributed by atoms with E-state index in [1.807, 2.05) is 35.7 Å². The van der Waals surface area contributed by atoms with Crippen LogP contribution in [0.1, 0.15) is 0 Å². The maximum Gasteiger partial charge on any atom is 0.196 e. The van der Waals surface area contributed by atoms with Gasteiger partial charge in [0.25, 0.3) is 0 Å². The molecule has 1 rings (SSSR count). The molecule has 0 aromatic carbocycles. The average molecular weight is 176 g/mol. The number of hydrogen-bond acceptors (Lipinski definition) is 0. The van der Waals surface area contributed by atoms with Crippen LogP contribution < -0.4 is 4.68 Å². The summed E-state index contributed by atoms with van der Waals surface area (Å²) in [5.74, 6) is 0. The molecule has 0 saturated heterocycles. The first kappa shape index (κ1) is 5.82. The molecule has 0 unspecified atom stereocenters. The van der Waals surface area contributed by atoms with Crippen molar-refractivity contribution in [3.8, 4) is 0 Å². The van der Waals surface area contributed by atoms with E-state index >= 15 is 0 Å². The van der Waals surface area contributed by atoms with Crippen LogP contribution in [0.4, 0.5) is 0 Å². The van der Waals surface area contributed by atoms with Gasteiger partial charge in [-0.2, -0.15) is 0 Å². The van der Waals surface area contributed by atoms with Gasteiger partial charge in [-0.3, -0.25) is 0 Å². The Labute approximate surface area is 56.8 Å². The van der Waals surface area contributed by atoms with Crippen LogP contribution in [0.5, 0.6) is 0 Å². The largest absolute Gasteiger partial charge is 0.196 e. The summed E-state index contributed by atoms with van der Waals surface area (Å²) in [4.78, 5) is 0. The Kier molecular flexibility index (Phi) is 1.38. The number of aromatic nitrogens is 2. The summed E-state index contributed by atoms with van der Waals surface area (Å²) in [6, 6.07) is 2.00. The van der Waals surface area contributed by atoms with Gasteiger partial charge in [0.2, 0.25) is 0 Å². The van der Waals surface area contributed by atoms with Gasteiger partial charge in [0, 0.05) is 6.07 Å². The van der Waals surface area contributed by atoms with Crippen molar-refractivity contribution >= 4 is 15.9 Å². The summed E-state index contributed by atoms with van der Waals surface area (Å²) in [6.07, 6.45) is 1.99. The van der Waals surface area contributed by atoms with Gasteiger partial charge in [-0.25, -0.2) is 0 Å². The van der Waals surface area contributed by atoms with Gasteiger partial charge in [-0.1, -0.05) is 0 Å².